The van der Waals surface area contributed by atoms with Crippen molar-refractivity contribution in [1.29, 1.82) is 0 Å². The van der Waals surface area contributed by atoms with E-state index in [1.807, 2.05) is 6.07 Å². The molecule has 0 saturated heterocycles. The number of carboxylic acids is 1. The minimum Gasteiger partial charge on any atom is -0.480 e. The average molecular weight is 322 g/mol. The molecule has 0 aliphatic carbocycles. The van der Waals surface area contributed by atoms with E-state index in [0.717, 1.165) is 5.56 Å². The first-order valence-electron chi connectivity index (χ1n) is 7.45. The maximum absolute atomic E-state index is 12.0. The number of aliphatic carboxylic acids is 1. The molecule has 0 aliphatic rings. The number of amides is 2. The van der Waals surface area contributed by atoms with Crippen LogP contribution in [-0.2, 0) is 20.9 Å². The van der Waals surface area contributed by atoms with Gasteiger partial charge in [0.05, 0.1) is 6.42 Å². The smallest absolute Gasteiger partial charge is 0.408 e. The van der Waals surface area contributed by atoms with Gasteiger partial charge in [-0.05, 0) is 19.4 Å². The van der Waals surface area contributed by atoms with Crippen molar-refractivity contribution in [3.63, 3.8) is 0 Å². The molecule has 1 rings (SSSR count). The second kappa shape index (κ2) is 9.45. The van der Waals surface area contributed by atoms with Gasteiger partial charge in [-0.2, -0.15) is 0 Å². The van der Waals surface area contributed by atoms with Gasteiger partial charge in [0, 0.05) is 13.1 Å². The fourth-order valence-corrected chi connectivity index (χ4v) is 1.99. The zero-order chi connectivity index (χ0) is 17.2. The van der Waals surface area contributed by atoms with E-state index in [1.165, 1.54) is 4.90 Å². The summed E-state index contributed by atoms with van der Waals surface area (Å²) in [5, 5.41) is 11.4. The summed E-state index contributed by atoms with van der Waals surface area (Å²) in [4.78, 5) is 36.4. The van der Waals surface area contributed by atoms with Crippen LogP contribution in [-0.4, -0.2) is 47.1 Å². The van der Waals surface area contributed by atoms with Crippen LogP contribution in [0.15, 0.2) is 30.3 Å². The molecule has 0 radical (unpaired) electrons. The maximum atomic E-state index is 12.0. The third kappa shape index (κ3) is 6.37. The van der Waals surface area contributed by atoms with Crippen LogP contribution in [0.1, 0.15) is 25.8 Å². The van der Waals surface area contributed by atoms with Crippen LogP contribution in [0.5, 0.6) is 0 Å². The topological polar surface area (TPSA) is 95.9 Å². The second-order valence-electron chi connectivity index (χ2n) is 4.87. The highest BCUT2D eigenvalue weighted by molar-refractivity contribution is 5.87. The highest BCUT2D eigenvalue weighted by Gasteiger charge is 2.25. The average Bonchev–Trinajstić information content (AvgIpc) is 2.54. The van der Waals surface area contributed by atoms with Crippen molar-refractivity contribution < 1.29 is 24.2 Å². The van der Waals surface area contributed by atoms with Gasteiger partial charge in [0.2, 0.25) is 5.91 Å². The van der Waals surface area contributed by atoms with Crippen molar-refractivity contribution in [3.8, 4) is 0 Å². The minimum absolute atomic E-state index is 0.0308. The molecular formula is C16H22N2O5. The number of nitrogens with zero attached hydrogens (tertiary/aromatic N) is 1. The molecule has 0 spiro atoms. The number of alkyl carbamates (subject to hydrolysis) is 1. The predicted octanol–water partition coefficient (Wildman–Crippen LogP) is 1.62. The first kappa shape index (κ1) is 18.5. The zero-order valence-electron chi connectivity index (χ0n) is 13.3. The zero-order valence-corrected chi connectivity index (χ0v) is 13.3. The molecule has 0 fully saturated rings. The Morgan fingerprint density at radius 1 is 1.17 bits per heavy atom. The Morgan fingerprint density at radius 3 is 2.30 bits per heavy atom. The predicted molar refractivity (Wildman–Crippen MR) is 83.7 cm³/mol. The van der Waals surface area contributed by atoms with Gasteiger partial charge in [-0.3, -0.25) is 4.79 Å². The van der Waals surface area contributed by atoms with E-state index in [4.69, 9.17) is 9.84 Å². The van der Waals surface area contributed by atoms with Gasteiger partial charge in [0.15, 0.2) is 0 Å². The molecule has 1 aromatic rings. The Hall–Kier alpha value is -2.57. The molecule has 7 heteroatoms. The van der Waals surface area contributed by atoms with Gasteiger partial charge in [-0.15, -0.1) is 0 Å². The van der Waals surface area contributed by atoms with Crippen LogP contribution in [0.2, 0.25) is 0 Å². The Labute approximate surface area is 135 Å². The molecule has 0 aromatic heterocycles. The van der Waals surface area contributed by atoms with Crippen molar-refractivity contribution in [2.24, 2.45) is 0 Å². The molecule has 126 valence electrons. The van der Waals surface area contributed by atoms with Crippen molar-refractivity contribution in [2.75, 3.05) is 13.1 Å². The van der Waals surface area contributed by atoms with Crippen molar-refractivity contribution in [1.82, 2.24) is 10.2 Å². The van der Waals surface area contributed by atoms with Crippen LogP contribution < -0.4 is 5.32 Å². The van der Waals surface area contributed by atoms with Gasteiger partial charge in [-0.25, -0.2) is 9.59 Å². The minimum atomic E-state index is -1.31. The van der Waals surface area contributed by atoms with Crippen molar-refractivity contribution in [2.45, 2.75) is 32.9 Å². The van der Waals surface area contributed by atoms with E-state index in [2.05, 4.69) is 5.32 Å². The van der Waals surface area contributed by atoms with E-state index < -0.39 is 18.1 Å². The van der Waals surface area contributed by atoms with Gasteiger partial charge >= 0.3 is 12.1 Å². The van der Waals surface area contributed by atoms with Crippen LogP contribution in [0.3, 0.4) is 0 Å². The summed E-state index contributed by atoms with van der Waals surface area (Å²) >= 11 is 0. The summed E-state index contributed by atoms with van der Waals surface area (Å²) in [7, 11) is 0. The fourth-order valence-electron chi connectivity index (χ4n) is 1.99. The lowest BCUT2D eigenvalue weighted by Gasteiger charge is -2.21. The number of carboxylic acid groups (broad SMARTS) is 1. The van der Waals surface area contributed by atoms with E-state index in [0.29, 0.717) is 13.1 Å². The Balaban J connectivity index is 2.53. The third-order valence-electron chi connectivity index (χ3n) is 3.30. The lowest BCUT2D eigenvalue weighted by molar-refractivity contribution is -0.143. The largest absolute Gasteiger partial charge is 0.480 e. The molecule has 7 nitrogen and oxygen atoms in total. The first-order valence-corrected chi connectivity index (χ1v) is 7.45. The van der Waals surface area contributed by atoms with Crippen LogP contribution in [0.4, 0.5) is 4.79 Å². The summed E-state index contributed by atoms with van der Waals surface area (Å²) in [5.74, 6) is -1.60. The number of ether oxygens (including phenoxy) is 1. The lowest BCUT2D eigenvalue weighted by atomic mass is 10.2. The fraction of sp³-hybridized carbons (Fsp3) is 0.438. The number of rotatable bonds is 8. The summed E-state index contributed by atoms with van der Waals surface area (Å²) in [6.07, 6.45) is -1.18. The Morgan fingerprint density at radius 2 is 1.78 bits per heavy atom. The van der Waals surface area contributed by atoms with Crippen molar-refractivity contribution >= 4 is 18.0 Å². The highest BCUT2D eigenvalue weighted by Crippen LogP contribution is 2.03. The number of benzene rings is 1. The normalized spacial score (nSPS) is 11.4. The molecule has 0 saturated carbocycles. The Bertz CT molecular complexity index is 529. The molecule has 0 bridgehead atoms. The number of nitrogens with one attached hydrogen (secondary N) is 1. The third-order valence-corrected chi connectivity index (χ3v) is 3.30. The maximum Gasteiger partial charge on any atom is 0.408 e. The standard InChI is InChI=1S/C16H22N2O5/c1-3-18(4-2)14(19)10-13(15(20)21)17-16(22)23-11-12-8-6-5-7-9-12/h5-9,13H,3-4,10-11H2,1-2H3,(H,17,22)(H,20,21). The molecule has 1 atom stereocenters. The summed E-state index contributed by atoms with van der Waals surface area (Å²) < 4.78 is 4.97. The molecule has 23 heavy (non-hydrogen) atoms. The number of hydrogen-bond acceptors (Lipinski definition) is 4. The van der Waals surface area contributed by atoms with E-state index in [9.17, 15) is 14.4 Å². The Kier molecular flexibility index (Phi) is 7.59. The van der Waals surface area contributed by atoms with E-state index >= 15 is 0 Å². The SMILES string of the molecule is CCN(CC)C(=O)CC(NC(=O)OCc1ccccc1)C(=O)O. The van der Waals surface area contributed by atoms with Gasteiger partial charge < -0.3 is 20.1 Å². The number of hydrogen-bond donors (Lipinski definition) is 2. The lowest BCUT2D eigenvalue weighted by Crippen LogP contribution is -2.45. The number of carbonyl (C=O) groups excluding carboxylic acids is 2. The molecule has 0 heterocycles. The van der Waals surface area contributed by atoms with Crippen LogP contribution >= 0.6 is 0 Å². The van der Waals surface area contributed by atoms with Crippen molar-refractivity contribution in [3.05, 3.63) is 35.9 Å². The molecule has 2 amide bonds. The summed E-state index contributed by atoms with van der Waals surface area (Å²) in [6, 6.07) is 7.70. The van der Waals surface area contributed by atoms with Gasteiger partial charge in [0.1, 0.15) is 12.6 Å². The molecule has 1 unspecified atom stereocenters. The monoisotopic (exact) mass is 322 g/mol. The molecule has 1 aromatic carbocycles. The van der Waals surface area contributed by atoms with Gasteiger partial charge in [0.25, 0.3) is 0 Å². The quantitative estimate of drug-likeness (QED) is 0.758. The first-order chi connectivity index (χ1) is 11.0. The van der Waals surface area contributed by atoms with Gasteiger partial charge in [-0.1, -0.05) is 30.3 Å². The molecule has 0 aliphatic heterocycles. The summed E-state index contributed by atoms with van der Waals surface area (Å²) in [5.41, 5.74) is 0.786. The van der Waals surface area contributed by atoms with E-state index in [-0.39, 0.29) is 18.9 Å². The molecular weight excluding hydrogens is 300 g/mol. The summed E-state index contributed by atoms with van der Waals surface area (Å²) in [6.45, 7) is 4.61. The van der Waals surface area contributed by atoms with E-state index in [1.54, 1.807) is 38.1 Å². The van der Waals surface area contributed by atoms with Crippen LogP contribution in [0, 0.1) is 0 Å². The second-order valence-corrected chi connectivity index (χ2v) is 4.87. The number of carbonyl (C=O) groups is 3. The van der Waals surface area contributed by atoms with Crippen LogP contribution in [0.25, 0.3) is 0 Å². The highest BCUT2D eigenvalue weighted by atomic mass is 16.5. The molecule has 2 N–H and O–H groups in total.